The number of hydrogen-bond acceptors (Lipinski definition) is 6. The summed E-state index contributed by atoms with van der Waals surface area (Å²) in [7, 11) is -3.41. The first-order valence-corrected chi connectivity index (χ1v) is 9.88. The zero-order valence-electron chi connectivity index (χ0n) is 14.7. The van der Waals surface area contributed by atoms with Gasteiger partial charge in [-0.1, -0.05) is 24.3 Å². The van der Waals surface area contributed by atoms with Gasteiger partial charge in [-0.05, 0) is 48.7 Å². The van der Waals surface area contributed by atoms with Gasteiger partial charge in [-0.15, -0.1) is 0 Å². The van der Waals surface area contributed by atoms with Crippen molar-refractivity contribution in [2.75, 3.05) is 12.9 Å². The third-order valence-corrected chi connectivity index (χ3v) is 4.05. The first-order chi connectivity index (χ1) is 12.4. The summed E-state index contributed by atoms with van der Waals surface area (Å²) in [5, 5.41) is 8.90. The van der Waals surface area contributed by atoms with Crippen LogP contribution in [0.3, 0.4) is 0 Å². The van der Waals surface area contributed by atoms with Gasteiger partial charge in [-0.25, -0.2) is 0 Å². The van der Waals surface area contributed by atoms with Crippen LogP contribution in [0.25, 0.3) is 0 Å². The lowest BCUT2D eigenvalue weighted by Crippen LogP contribution is -2.16. The van der Waals surface area contributed by atoms with Gasteiger partial charge in [0.1, 0.15) is 5.75 Å². The fourth-order valence-corrected chi connectivity index (χ4v) is 2.60. The van der Waals surface area contributed by atoms with Crippen LogP contribution in [0.2, 0.25) is 0 Å². The summed E-state index contributed by atoms with van der Waals surface area (Å²) >= 11 is 0. The number of nitrogens with zero attached hydrogens (tertiary/aromatic N) is 1. The van der Waals surface area contributed by atoms with E-state index in [0.717, 1.165) is 17.4 Å². The summed E-state index contributed by atoms with van der Waals surface area (Å²) in [6, 6.07) is 16.6. The van der Waals surface area contributed by atoms with E-state index in [-0.39, 0.29) is 6.61 Å². The highest BCUT2D eigenvalue weighted by Crippen LogP contribution is 2.16. The van der Waals surface area contributed by atoms with Crippen LogP contribution in [0.1, 0.15) is 23.6 Å². The lowest BCUT2D eigenvalue weighted by Gasteiger charge is -2.16. The summed E-state index contributed by atoms with van der Waals surface area (Å²) in [6.07, 6.45) is 1.07. The quantitative estimate of drug-likeness (QED) is 0.495. The number of hydrogen-bond donors (Lipinski definition) is 0. The minimum atomic E-state index is -3.41. The normalized spacial score (nSPS) is 12.3. The zero-order valence-corrected chi connectivity index (χ0v) is 15.5. The van der Waals surface area contributed by atoms with Crippen molar-refractivity contribution in [2.24, 2.45) is 0 Å². The lowest BCUT2D eigenvalue weighted by atomic mass is 10.1. The Hall–Kier alpha value is -2.40. The second kappa shape index (κ2) is 9.34. The highest BCUT2D eigenvalue weighted by Gasteiger charge is 2.06. The molecule has 0 aliphatic rings. The van der Waals surface area contributed by atoms with Crippen LogP contribution >= 0.6 is 0 Å². The van der Waals surface area contributed by atoms with Crippen molar-refractivity contribution >= 4 is 10.1 Å². The van der Waals surface area contributed by atoms with Crippen LogP contribution in [-0.2, 0) is 32.1 Å². The van der Waals surface area contributed by atoms with Crippen molar-refractivity contribution in [3.63, 3.8) is 0 Å². The molecule has 0 saturated carbocycles. The number of ether oxygens (including phenoxy) is 2. The minimum absolute atomic E-state index is 0.111. The molecule has 0 aliphatic heterocycles. The maximum Gasteiger partial charge on any atom is 0.264 e. The number of nitriles is 1. The first-order valence-electron chi connectivity index (χ1n) is 8.06. The molecule has 0 saturated heterocycles. The molecule has 0 amide bonds. The van der Waals surface area contributed by atoms with Crippen LogP contribution in [0.15, 0.2) is 48.5 Å². The van der Waals surface area contributed by atoms with Gasteiger partial charge in [0.25, 0.3) is 10.1 Å². The third-order valence-electron chi connectivity index (χ3n) is 3.45. The number of benzene rings is 2. The molecule has 138 valence electrons. The lowest BCUT2D eigenvalue weighted by molar-refractivity contribution is -0.0759. The molecular weight excluding hydrogens is 354 g/mol. The van der Waals surface area contributed by atoms with E-state index in [1.165, 1.54) is 0 Å². The van der Waals surface area contributed by atoms with Gasteiger partial charge in [0.2, 0.25) is 0 Å². The van der Waals surface area contributed by atoms with Crippen molar-refractivity contribution < 1.29 is 22.1 Å². The van der Waals surface area contributed by atoms with Crippen molar-refractivity contribution in [2.45, 2.75) is 26.2 Å². The van der Waals surface area contributed by atoms with Crippen LogP contribution in [-0.4, -0.2) is 27.6 Å². The molecule has 0 N–H and O–H groups in total. The third kappa shape index (κ3) is 7.23. The van der Waals surface area contributed by atoms with Crippen molar-refractivity contribution in [3.8, 4) is 11.8 Å². The summed E-state index contributed by atoms with van der Waals surface area (Å²) in [5.41, 5.74) is 2.44. The Bertz CT molecular complexity index is 856. The fraction of sp³-hybridized carbons (Fsp3) is 0.316. The predicted octanol–water partition coefficient (Wildman–Crippen LogP) is 3.02. The van der Waals surface area contributed by atoms with Gasteiger partial charge in [-0.3, -0.25) is 4.18 Å². The molecule has 2 rings (SSSR count). The van der Waals surface area contributed by atoms with Crippen LogP contribution < -0.4 is 4.74 Å². The van der Waals surface area contributed by atoms with E-state index in [9.17, 15) is 8.42 Å². The second-order valence-corrected chi connectivity index (χ2v) is 7.37. The summed E-state index contributed by atoms with van der Waals surface area (Å²) in [4.78, 5) is 0. The fourth-order valence-electron chi connectivity index (χ4n) is 2.22. The summed E-state index contributed by atoms with van der Waals surface area (Å²) in [6.45, 7) is 2.25. The summed E-state index contributed by atoms with van der Waals surface area (Å²) < 4.78 is 37.9. The molecule has 0 aromatic heterocycles. The van der Waals surface area contributed by atoms with Crippen molar-refractivity contribution in [3.05, 3.63) is 65.2 Å². The zero-order chi connectivity index (χ0) is 19.0. The molecule has 1 atom stereocenters. The Morgan fingerprint density at radius 1 is 1.12 bits per heavy atom. The molecule has 0 radical (unpaired) electrons. The average molecular weight is 375 g/mol. The SMILES string of the molecule is CC(OCc1cccc(C#N)c1)Oc1ccc(CCOS(C)(=O)=O)cc1. The molecule has 0 heterocycles. The molecule has 0 aliphatic carbocycles. The standard InChI is InChI=1S/C19H21NO5S/c1-15(23-14-18-5-3-4-17(12-18)13-20)25-19-8-6-16(7-9-19)10-11-24-26(2,21)22/h3-9,12,15H,10-11,14H2,1-2H3. The monoisotopic (exact) mass is 375 g/mol. The Labute approximate surface area is 154 Å². The molecule has 1 unspecified atom stereocenters. The Kier molecular flexibility index (Phi) is 7.16. The summed E-state index contributed by atoms with van der Waals surface area (Å²) in [5.74, 6) is 0.649. The maximum atomic E-state index is 10.9. The topological polar surface area (TPSA) is 85.6 Å². The van der Waals surface area contributed by atoms with E-state index in [1.54, 1.807) is 31.2 Å². The van der Waals surface area contributed by atoms with Gasteiger partial charge in [-0.2, -0.15) is 13.7 Å². The predicted molar refractivity (Wildman–Crippen MR) is 97.0 cm³/mol. The molecule has 6 nitrogen and oxygen atoms in total. The minimum Gasteiger partial charge on any atom is -0.465 e. The average Bonchev–Trinajstić information content (AvgIpc) is 2.60. The van der Waals surface area contributed by atoms with Gasteiger partial charge >= 0.3 is 0 Å². The van der Waals surface area contributed by atoms with Gasteiger partial charge in [0.15, 0.2) is 6.29 Å². The molecule has 2 aromatic rings. The Morgan fingerprint density at radius 2 is 1.85 bits per heavy atom. The molecule has 0 bridgehead atoms. The van der Waals surface area contributed by atoms with Gasteiger partial charge < -0.3 is 9.47 Å². The van der Waals surface area contributed by atoms with E-state index in [0.29, 0.717) is 24.3 Å². The van der Waals surface area contributed by atoms with Gasteiger partial charge in [0.05, 0.1) is 31.1 Å². The van der Waals surface area contributed by atoms with Crippen molar-refractivity contribution in [1.29, 1.82) is 5.26 Å². The highest BCUT2D eigenvalue weighted by atomic mass is 32.2. The van der Waals surface area contributed by atoms with E-state index < -0.39 is 16.4 Å². The van der Waals surface area contributed by atoms with E-state index in [1.807, 2.05) is 24.3 Å². The van der Waals surface area contributed by atoms with Gasteiger partial charge in [0, 0.05) is 0 Å². The van der Waals surface area contributed by atoms with Crippen LogP contribution in [0, 0.1) is 11.3 Å². The largest absolute Gasteiger partial charge is 0.465 e. The molecule has 26 heavy (non-hydrogen) atoms. The Balaban J connectivity index is 1.79. The Morgan fingerprint density at radius 3 is 2.50 bits per heavy atom. The molecular formula is C19H21NO5S. The smallest absolute Gasteiger partial charge is 0.264 e. The molecule has 7 heteroatoms. The van der Waals surface area contributed by atoms with Crippen LogP contribution in [0.4, 0.5) is 0 Å². The van der Waals surface area contributed by atoms with E-state index >= 15 is 0 Å². The first kappa shape index (κ1) is 19.9. The second-order valence-electron chi connectivity index (χ2n) is 5.73. The highest BCUT2D eigenvalue weighted by molar-refractivity contribution is 7.85. The van der Waals surface area contributed by atoms with Crippen molar-refractivity contribution in [1.82, 2.24) is 0 Å². The molecule has 2 aromatic carbocycles. The number of rotatable bonds is 9. The van der Waals surface area contributed by atoms with Crippen LogP contribution in [0.5, 0.6) is 5.75 Å². The molecule has 0 fully saturated rings. The van der Waals surface area contributed by atoms with E-state index in [2.05, 4.69) is 6.07 Å². The maximum absolute atomic E-state index is 10.9. The molecule has 0 spiro atoms. The van der Waals surface area contributed by atoms with E-state index in [4.69, 9.17) is 18.9 Å².